The standard InChI is InChI=1S/C21H20N2O3S/c1-26-21(25)16-8-5-9-17(12-16)22-19(24)13-18-14-27-20(23-18)11-10-15-6-3-2-4-7-15/h2-9,12,14H,10-11,13H2,1H3,(H,22,24). The van der Waals surface area contributed by atoms with Gasteiger partial charge >= 0.3 is 5.97 Å². The fourth-order valence-corrected chi connectivity index (χ4v) is 3.45. The number of esters is 1. The maximum atomic E-state index is 12.3. The Morgan fingerprint density at radius 3 is 2.67 bits per heavy atom. The predicted molar refractivity (Wildman–Crippen MR) is 106 cm³/mol. The molecule has 0 aliphatic carbocycles. The molecule has 0 atom stereocenters. The van der Waals surface area contributed by atoms with E-state index in [-0.39, 0.29) is 12.3 Å². The first-order chi connectivity index (χ1) is 13.1. The van der Waals surface area contributed by atoms with Gasteiger partial charge in [0.2, 0.25) is 5.91 Å². The molecule has 0 radical (unpaired) electrons. The molecule has 0 saturated carbocycles. The minimum Gasteiger partial charge on any atom is -0.465 e. The van der Waals surface area contributed by atoms with E-state index >= 15 is 0 Å². The van der Waals surface area contributed by atoms with Crippen molar-refractivity contribution in [1.82, 2.24) is 4.98 Å². The van der Waals surface area contributed by atoms with E-state index in [0.717, 1.165) is 23.5 Å². The highest BCUT2D eigenvalue weighted by Gasteiger charge is 2.10. The summed E-state index contributed by atoms with van der Waals surface area (Å²) in [4.78, 5) is 28.4. The average Bonchev–Trinajstić information content (AvgIpc) is 3.14. The van der Waals surface area contributed by atoms with Crippen LogP contribution < -0.4 is 5.32 Å². The van der Waals surface area contributed by atoms with Crippen molar-refractivity contribution < 1.29 is 14.3 Å². The summed E-state index contributed by atoms with van der Waals surface area (Å²) < 4.78 is 4.69. The van der Waals surface area contributed by atoms with Crippen molar-refractivity contribution in [2.75, 3.05) is 12.4 Å². The van der Waals surface area contributed by atoms with Gasteiger partial charge in [-0.1, -0.05) is 36.4 Å². The van der Waals surface area contributed by atoms with Crippen molar-refractivity contribution in [3.8, 4) is 0 Å². The lowest BCUT2D eigenvalue weighted by Crippen LogP contribution is -2.15. The Hall–Kier alpha value is -2.99. The summed E-state index contributed by atoms with van der Waals surface area (Å²) >= 11 is 1.57. The van der Waals surface area contributed by atoms with Crippen LogP contribution in [0.5, 0.6) is 0 Å². The van der Waals surface area contributed by atoms with Crippen molar-refractivity contribution in [1.29, 1.82) is 0 Å². The number of carbonyl (C=O) groups excluding carboxylic acids is 2. The molecule has 1 amide bonds. The number of benzene rings is 2. The zero-order valence-corrected chi connectivity index (χ0v) is 15.8. The third-order valence-electron chi connectivity index (χ3n) is 3.98. The average molecular weight is 380 g/mol. The molecule has 1 aromatic heterocycles. The molecule has 5 nitrogen and oxygen atoms in total. The molecular weight excluding hydrogens is 360 g/mol. The summed E-state index contributed by atoms with van der Waals surface area (Å²) in [5.41, 5.74) is 2.98. The molecule has 0 saturated heterocycles. The number of aryl methyl sites for hydroxylation is 2. The summed E-state index contributed by atoms with van der Waals surface area (Å²) in [5.74, 6) is -0.606. The smallest absolute Gasteiger partial charge is 0.337 e. The van der Waals surface area contributed by atoms with Crippen LogP contribution in [0, 0.1) is 0 Å². The number of hydrogen-bond acceptors (Lipinski definition) is 5. The van der Waals surface area contributed by atoms with E-state index in [2.05, 4.69) is 27.2 Å². The van der Waals surface area contributed by atoms with Crippen LogP contribution in [-0.4, -0.2) is 24.0 Å². The largest absolute Gasteiger partial charge is 0.465 e. The van der Waals surface area contributed by atoms with Crippen LogP contribution in [0.4, 0.5) is 5.69 Å². The molecule has 2 aromatic carbocycles. The SMILES string of the molecule is COC(=O)c1cccc(NC(=O)Cc2csc(CCc3ccccc3)n2)c1. The minimum atomic E-state index is -0.436. The topological polar surface area (TPSA) is 68.3 Å². The summed E-state index contributed by atoms with van der Waals surface area (Å²) in [7, 11) is 1.32. The molecule has 0 unspecified atom stereocenters. The van der Waals surface area contributed by atoms with Crippen molar-refractivity contribution >= 4 is 28.9 Å². The molecule has 1 N–H and O–H groups in total. The monoisotopic (exact) mass is 380 g/mol. The van der Waals surface area contributed by atoms with Gasteiger partial charge in [0.05, 0.1) is 29.8 Å². The molecule has 0 aliphatic heterocycles. The zero-order chi connectivity index (χ0) is 19.1. The number of methoxy groups -OCH3 is 1. The Bertz CT molecular complexity index is 922. The minimum absolute atomic E-state index is 0.170. The Labute approximate surface area is 162 Å². The normalized spacial score (nSPS) is 10.4. The van der Waals surface area contributed by atoms with E-state index in [9.17, 15) is 9.59 Å². The van der Waals surface area contributed by atoms with Gasteiger partial charge in [-0.05, 0) is 30.2 Å². The van der Waals surface area contributed by atoms with E-state index < -0.39 is 5.97 Å². The van der Waals surface area contributed by atoms with E-state index in [1.54, 1.807) is 35.6 Å². The number of nitrogens with one attached hydrogen (secondary N) is 1. The van der Waals surface area contributed by atoms with Crippen LogP contribution >= 0.6 is 11.3 Å². The zero-order valence-electron chi connectivity index (χ0n) is 15.0. The van der Waals surface area contributed by atoms with Gasteiger partial charge in [0.1, 0.15) is 0 Å². The predicted octanol–water partition coefficient (Wildman–Crippen LogP) is 3.90. The van der Waals surface area contributed by atoms with Gasteiger partial charge in [-0.25, -0.2) is 9.78 Å². The van der Waals surface area contributed by atoms with Gasteiger partial charge in [-0.15, -0.1) is 11.3 Å². The van der Waals surface area contributed by atoms with Crippen LogP contribution in [0.1, 0.15) is 26.6 Å². The molecule has 3 rings (SSSR count). The molecule has 27 heavy (non-hydrogen) atoms. The lowest BCUT2D eigenvalue weighted by molar-refractivity contribution is -0.115. The first-order valence-corrected chi connectivity index (χ1v) is 9.47. The summed E-state index contributed by atoms with van der Waals surface area (Å²) in [6.07, 6.45) is 1.99. The number of aromatic nitrogens is 1. The molecule has 0 fully saturated rings. The highest BCUT2D eigenvalue weighted by Crippen LogP contribution is 2.15. The second-order valence-corrected chi connectivity index (χ2v) is 6.96. The third kappa shape index (κ3) is 5.49. The van der Waals surface area contributed by atoms with Gasteiger partial charge < -0.3 is 10.1 Å². The van der Waals surface area contributed by atoms with Crippen molar-refractivity contribution in [3.63, 3.8) is 0 Å². The first kappa shape index (κ1) is 18.8. The Balaban J connectivity index is 1.54. The van der Waals surface area contributed by atoms with E-state index in [4.69, 9.17) is 0 Å². The summed E-state index contributed by atoms with van der Waals surface area (Å²) in [6.45, 7) is 0. The maximum Gasteiger partial charge on any atom is 0.337 e. The maximum absolute atomic E-state index is 12.3. The number of carbonyl (C=O) groups is 2. The van der Waals surface area contributed by atoms with E-state index in [1.165, 1.54) is 12.7 Å². The number of thiazole rings is 1. The number of ether oxygens (including phenoxy) is 1. The number of amides is 1. The van der Waals surface area contributed by atoms with Crippen LogP contribution in [0.25, 0.3) is 0 Å². The number of hydrogen-bond donors (Lipinski definition) is 1. The van der Waals surface area contributed by atoms with Crippen LogP contribution in [0.15, 0.2) is 60.0 Å². The molecule has 0 spiro atoms. The van der Waals surface area contributed by atoms with E-state index in [1.807, 2.05) is 23.6 Å². The van der Waals surface area contributed by atoms with Crippen molar-refractivity contribution in [2.45, 2.75) is 19.3 Å². The second kappa shape index (κ2) is 9.09. The van der Waals surface area contributed by atoms with Gasteiger partial charge in [-0.3, -0.25) is 4.79 Å². The fraction of sp³-hybridized carbons (Fsp3) is 0.190. The van der Waals surface area contributed by atoms with Gasteiger partial charge in [0, 0.05) is 17.5 Å². The lowest BCUT2D eigenvalue weighted by Gasteiger charge is -2.06. The fourth-order valence-electron chi connectivity index (χ4n) is 2.65. The quantitative estimate of drug-likeness (QED) is 0.631. The molecule has 0 bridgehead atoms. The third-order valence-corrected chi connectivity index (χ3v) is 4.94. The highest BCUT2D eigenvalue weighted by atomic mass is 32.1. The van der Waals surface area contributed by atoms with Crippen molar-refractivity contribution in [3.05, 3.63) is 81.8 Å². The summed E-state index contributed by atoms with van der Waals surface area (Å²) in [6, 6.07) is 16.9. The Morgan fingerprint density at radius 2 is 1.89 bits per heavy atom. The van der Waals surface area contributed by atoms with Gasteiger partial charge in [0.15, 0.2) is 0 Å². The van der Waals surface area contributed by atoms with E-state index in [0.29, 0.717) is 11.3 Å². The highest BCUT2D eigenvalue weighted by molar-refractivity contribution is 7.09. The molecular formula is C21H20N2O3S. The molecule has 138 valence electrons. The number of rotatable bonds is 7. The van der Waals surface area contributed by atoms with Crippen LogP contribution in [-0.2, 0) is 28.8 Å². The van der Waals surface area contributed by atoms with Gasteiger partial charge in [-0.2, -0.15) is 0 Å². The second-order valence-electron chi connectivity index (χ2n) is 6.02. The first-order valence-electron chi connectivity index (χ1n) is 8.59. The van der Waals surface area contributed by atoms with Crippen molar-refractivity contribution in [2.24, 2.45) is 0 Å². The molecule has 1 heterocycles. The summed E-state index contributed by atoms with van der Waals surface area (Å²) in [5, 5.41) is 5.74. The van der Waals surface area contributed by atoms with Crippen LogP contribution in [0.3, 0.4) is 0 Å². The van der Waals surface area contributed by atoms with Gasteiger partial charge in [0.25, 0.3) is 0 Å². The Morgan fingerprint density at radius 1 is 1.07 bits per heavy atom. The van der Waals surface area contributed by atoms with Crippen LogP contribution in [0.2, 0.25) is 0 Å². The molecule has 3 aromatic rings. The molecule has 0 aliphatic rings. The lowest BCUT2D eigenvalue weighted by atomic mass is 10.1. The number of anilines is 1. The number of nitrogens with zero attached hydrogens (tertiary/aromatic N) is 1. The molecule has 6 heteroatoms. The Kier molecular flexibility index (Phi) is 6.33.